The molecule has 6 N–H and O–H groups in total. The van der Waals surface area contributed by atoms with Gasteiger partial charge in [-0.2, -0.15) is 0 Å². The van der Waals surface area contributed by atoms with Gasteiger partial charge < -0.3 is 31.6 Å². The van der Waals surface area contributed by atoms with Gasteiger partial charge in [-0.3, -0.25) is 9.59 Å². The molecule has 10 heteroatoms. The lowest BCUT2D eigenvalue weighted by molar-refractivity contribution is -0.176. The van der Waals surface area contributed by atoms with Crippen LogP contribution in [0.1, 0.15) is 79.1 Å². The molecule has 0 bridgehead atoms. The van der Waals surface area contributed by atoms with Crippen molar-refractivity contribution in [2.75, 3.05) is 26.2 Å². The summed E-state index contributed by atoms with van der Waals surface area (Å²) < 4.78 is 10.7. The van der Waals surface area contributed by atoms with Gasteiger partial charge in [0.15, 0.2) is 0 Å². The highest BCUT2D eigenvalue weighted by Crippen LogP contribution is 2.29. The fraction of sp³-hybridized carbons (Fsp3) is 0.846. The molecule has 0 heterocycles. The average molecular weight is 511 g/mol. The van der Waals surface area contributed by atoms with Crippen LogP contribution < -0.4 is 22.1 Å². The van der Waals surface area contributed by atoms with Crippen LogP contribution in [0, 0.1) is 22.7 Å². The van der Waals surface area contributed by atoms with Crippen LogP contribution in [-0.4, -0.2) is 62.1 Å². The Kier molecular flexibility index (Phi) is 11.2. The molecule has 2 saturated carbocycles. The Morgan fingerprint density at radius 3 is 1.22 bits per heavy atom. The van der Waals surface area contributed by atoms with E-state index in [0.29, 0.717) is 77.5 Å². The SMILES string of the molecule is CC(C)(CN)CNC(=O)C1CCC(OC(=O)C(=O)OC2CCC(C(=O)NCC(C)(C)CN)CC2)CC1. The number of nitrogens with one attached hydrogen (secondary N) is 2. The number of hydrogen-bond donors (Lipinski definition) is 4. The quantitative estimate of drug-likeness (QED) is 0.253. The summed E-state index contributed by atoms with van der Waals surface area (Å²) in [5, 5.41) is 5.92. The van der Waals surface area contributed by atoms with Gasteiger partial charge in [0.05, 0.1) is 0 Å². The maximum atomic E-state index is 12.4. The van der Waals surface area contributed by atoms with Gasteiger partial charge in [0, 0.05) is 24.9 Å². The molecule has 0 aliphatic heterocycles. The first kappa shape index (κ1) is 30.0. The summed E-state index contributed by atoms with van der Waals surface area (Å²) in [5.41, 5.74) is 11.1. The lowest BCUT2D eigenvalue weighted by atomic mass is 9.86. The van der Waals surface area contributed by atoms with Crippen molar-refractivity contribution in [2.45, 2.75) is 91.3 Å². The summed E-state index contributed by atoms with van der Waals surface area (Å²) in [6, 6.07) is 0. The zero-order chi connectivity index (χ0) is 26.9. The second-order valence-electron chi connectivity index (χ2n) is 11.9. The average Bonchev–Trinajstić information content (AvgIpc) is 2.86. The number of rotatable bonds is 10. The molecule has 0 unspecified atom stereocenters. The van der Waals surface area contributed by atoms with Crippen LogP contribution in [-0.2, 0) is 28.7 Å². The highest BCUT2D eigenvalue weighted by atomic mass is 16.6. The van der Waals surface area contributed by atoms with Crippen molar-refractivity contribution in [1.82, 2.24) is 10.6 Å². The van der Waals surface area contributed by atoms with Gasteiger partial charge in [0.1, 0.15) is 12.2 Å². The molecule has 10 nitrogen and oxygen atoms in total. The molecule has 0 aromatic heterocycles. The summed E-state index contributed by atoms with van der Waals surface area (Å²) in [6.07, 6.45) is 3.69. The highest BCUT2D eigenvalue weighted by Gasteiger charge is 2.33. The second-order valence-corrected chi connectivity index (χ2v) is 11.9. The molecular formula is C26H46N4O6. The Hall–Kier alpha value is -2.20. The van der Waals surface area contributed by atoms with Gasteiger partial charge in [0.2, 0.25) is 11.8 Å². The number of ether oxygens (including phenoxy) is 2. The van der Waals surface area contributed by atoms with Crippen molar-refractivity contribution in [3.8, 4) is 0 Å². The van der Waals surface area contributed by atoms with Crippen LogP contribution in [0.3, 0.4) is 0 Å². The first-order valence-corrected chi connectivity index (χ1v) is 13.2. The third kappa shape index (κ3) is 9.69. The molecule has 2 amide bonds. The van der Waals surface area contributed by atoms with Crippen molar-refractivity contribution < 1.29 is 28.7 Å². The van der Waals surface area contributed by atoms with Crippen molar-refractivity contribution >= 4 is 23.8 Å². The third-order valence-electron chi connectivity index (χ3n) is 7.39. The van der Waals surface area contributed by atoms with Crippen LogP contribution >= 0.6 is 0 Å². The normalized spacial score (nSPS) is 24.9. The van der Waals surface area contributed by atoms with E-state index in [9.17, 15) is 19.2 Å². The lowest BCUT2D eigenvalue weighted by Gasteiger charge is -2.30. The van der Waals surface area contributed by atoms with Crippen LogP contribution in [0.15, 0.2) is 0 Å². The van der Waals surface area contributed by atoms with Crippen LogP contribution in [0.2, 0.25) is 0 Å². The number of carbonyl (C=O) groups is 4. The van der Waals surface area contributed by atoms with E-state index >= 15 is 0 Å². The summed E-state index contributed by atoms with van der Waals surface area (Å²) in [4.78, 5) is 49.4. The minimum absolute atomic E-state index is 0.00640. The summed E-state index contributed by atoms with van der Waals surface area (Å²) >= 11 is 0. The number of hydrogen-bond acceptors (Lipinski definition) is 8. The highest BCUT2D eigenvalue weighted by molar-refractivity contribution is 6.29. The Morgan fingerprint density at radius 1 is 0.639 bits per heavy atom. The van der Waals surface area contributed by atoms with Crippen LogP contribution in [0.4, 0.5) is 0 Å². The largest absolute Gasteiger partial charge is 0.454 e. The Balaban J connectivity index is 1.66. The van der Waals surface area contributed by atoms with Gasteiger partial charge in [-0.1, -0.05) is 27.7 Å². The second kappa shape index (κ2) is 13.4. The Labute approximate surface area is 215 Å². The van der Waals surface area contributed by atoms with Crippen molar-refractivity contribution in [2.24, 2.45) is 34.1 Å². The monoisotopic (exact) mass is 510 g/mol. The number of amides is 2. The van der Waals surface area contributed by atoms with Crippen LogP contribution in [0.5, 0.6) is 0 Å². The fourth-order valence-corrected chi connectivity index (χ4v) is 4.37. The summed E-state index contributed by atoms with van der Waals surface area (Å²) in [5.74, 6) is -2.25. The predicted molar refractivity (Wildman–Crippen MR) is 135 cm³/mol. The zero-order valence-corrected chi connectivity index (χ0v) is 22.4. The van der Waals surface area contributed by atoms with E-state index in [1.807, 2.05) is 27.7 Å². The van der Waals surface area contributed by atoms with Gasteiger partial charge in [-0.25, -0.2) is 9.59 Å². The van der Waals surface area contributed by atoms with E-state index in [2.05, 4.69) is 10.6 Å². The first-order valence-electron chi connectivity index (χ1n) is 13.2. The van der Waals surface area contributed by atoms with E-state index in [1.165, 1.54) is 0 Å². The molecule has 2 rings (SSSR count). The van der Waals surface area contributed by atoms with Crippen molar-refractivity contribution in [3.63, 3.8) is 0 Å². The molecule has 0 saturated heterocycles. The van der Waals surface area contributed by atoms with Gasteiger partial charge in [-0.05, 0) is 75.3 Å². The predicted octanol–water partition coefficient (Wildman–Crippen LogP) is 1.39. The van der Waals surface area contributed by atoms with Gasteiger partial charge in [0.25, 0.3) is 0 Å². The lowest BCUT2D eigenvalue weighted by Crippen LogP contribution is -2.42. The molecular weight excluding hydrogens is 464 g/mol. The smallest absolute Gasteiger partial charge is 0.417 e. The number of carbonyl (C=O) groups excluding carboxylic acids is 4. The van der Waals surface area contributed by atoms with Crippen molar-refractivity contribution in [1.29, 1.82) is 0 Å². The molecule has 206 valence electrons. The first-order chi connectivity index (χ1) is 16.9. The van der Waals surface area contributed by atoms with Gasteiger partial charge >= 0.3 is 11.9 Å². The molecule has 0 aromatic rings. The molecule has 2 fully saturated rings. The van der Waals surface area contributed by atoms with E-state index in [0.717, 1.165) is 0 Å². The van der Waals surface area contributed by atoms with Gasteiger partial charge in [-0.15, -0.1) is 0 Å². The summed E-state index contributed by atoms with van der Waals surface area (Å²) in [7, 11) is 0. The minimum atomic E-state index is -0.989. The molecule has 0 spiro atoms. The fourth-order valence-electron chi connectivity index (χ4n) is 4.37. The van der Waals surface area contributed by atoms with Crippen molar-refractivity contribution in [3.05, 3.63) is 0 Å². The van der Waals surface area contributed by atoms with Crippen LogP contribution in [0.25, 0.3) is 0 Å². The third-order valence-corrected chi connectivity index (χ3v) is 7.39. The van der Waals surface area contributed by atoms with E-state index in [-0.39, 0.29) is 34.5 Å². The molecule has 0 atom stereocenters. The summed E-state index contributed by atoms with van der Waals surface area (Å²) in [6.45, 7) is 9.98. The Bertz CT molecular complexity index is 704. The number of esters is 2. The number of nitrogens with two attached hydrogens (primary N) is 2. The minimum Gasteiger partial charge on any atom is -0.454 e. The molecule has 0 radical (unpaired) electrons. The van der Waals surface area contributed by atoms with E-state index in [4.69, 9.17) is 20.9 Å². The maximum absolute atomic E-state index is 12.4. The molecule has 0 aromatic carbocycles. The van der Waals surface area contributed by atoms with E-state index < -0.39 is 24.1 Å². The topological polar surface area (TPSA) is 163 Å². The zero-order valence-electron chi connectivity index (χ0n) is 22.4. The molecule has 36 heavy (non-hydrogen) atoms. The standard InChI is InChI=1S/C26H46N4O6/c1-25(2,13-27)15-29-21(31)17-5-9-19(10-6-17)35-23(33)24(34)36-20-11-7-18(8-12-20)22(32)30-16-26(3,4)14-28/h17-20H,5-16,27-28H2,1-4H3,(H,29,31)(H,30,32). The molecule has 2 aliphatic rings. The van der Waals surface area contributed by atoms with E-state index in [1.54, 1.807) is 0 Å². The maximum Gasteiger partial charge on any atom is 0.417 e. The Morgan fingerprint density at radius 2 is 0.944 bits per heavy atom. The molecule has 2 aliphatic carbocycles.